The van der Waals surface area contributed by atoms with Gasteiger partial charge in [-0.15, -0.1) is 0 Å². The molecule has 1 aromatic carbocycles. The Hall–Kier alpha value is -3.48. The minimum absolute atomic E-state index is 0.174. The van der Waals surface area contributed by atoms with Crippen molar-refractivity contribution in [2.45, 2.75) is 19.9 Å². The molecule has 7 heteroatoms. The number of imidazole rings is 2. The highest BCUT2D eigenvalue weighted by Gasteiger charge is 2.22. The molecule has 0 aliphatic rings. The number of H-pyrrole nitrogens is 1. The van der Waals surface area contributed by atoms with E-state index in [1.165, 1.54) is 0 Å². The lowest BCUT2D eigenvalue weighted by molar-refractivity contribution is 0.0923. The second-order valence-corrected chi connectivity index (χ2v) is 6.71. The van der Waals surface area contributed by atoms with Crippen LogP contribution in [0.1, 0.15) is 36.1 Å². The molecule has 0 spiro atoms. The maximum atomic E-state index is 12.7. The fourth-order valence-electron chi connectivity index (χ4n) is 2.96. The maximum absolute atomic E-state index is 12.7. The first-order chi connectivity index (χ1) is 13.1. The standard InChI is InChI=1S/C20H20N6O/c1-13(2)18(19-23-15-5-3-4-6-16(15)24-19)25-20(27)14-7-8-17(22-11-14)26-10-9-21-12-26/h3-13,18H,1-2H3,(H,23,24)(H,25,27). The van der Waals surface area contributed by atoms with Crippen molar-refractivity contribution < 1.29 is 4.79 Å². The molecular weight excluding hydrogens is 340 g/mol. The van der Waals surface area contributed by atoms with E-state index in [4.69, 9.17) is 0 Å². The number of rotatable bonds is 5. The van der Waals surface area contributed by atoms with Gasteiger partial charge in [0.25, 0.3) is 5.91 Å². The number of para-hydroxylation sites is 2. The fourth-order valence-corrected chi connectivity index (χ4v) is 2.96. The Morgan fingerprint density at radius 2 is 2.04 bits per heavy atom. The summed E-state index contributed by atoms with van der Waals surface area (Å²) in [5.41, 5.74) is 2.35. The molecule has 7 nitrogen and oxygen atoms in total. The number of hydrogen-bond acceptors (Lipinski definition) is 4. The second kappa shape index (κ2) is 7.03. The van der Waals surface area contributed by atoms with Gasteiger partial charge in [-0.25, -0.2) is 15.0 Å². The molecule has 2 N–H and O–H groups in total. The van der Waals surface area contributed by atoms with Gasteiger partial charge in [0.2, 0.25) is 0 Å². The number of fused-ring (bicyclic) bond motifs is 1. The van der Waals surface area contributed by atoms with Crippen LogP contribution in [0.3, 0.4) is 0 Å². The van der Waals surface area contributed by atoms with Crippen molar-refractivity contribution in [2.24, 2.45) is 5.92 Å². The van der Waals surface area contributed by atoms with Crippen LogP contribution in [0.25, 0.3) is 16.9 Å². The summed E-state index contributed by atoms with van der Waals surface area (Å²) < 4.78 is 1.78. The van der Waals surface area contributed by atoms with Gasteiger partial charge in [-0.2, -0.15) is 0 Å². The molecule has 4 aromatic rings. The topological polar surface area (TPSA) is 88.5 Å². The molecule has 3 heterocycles. The van der Waals surface area contributed by atoms with E-state index in [1.54, 1.807) is 41.6 Å². The molecule has 0 saturated heterocycles. The number of hydrogen-bond donors (Lipinski definition) is 2. The zero-order valence-corrected chi connectivity index (χ0v) is 15.1. The molecule has 1 amide bonds. The number of carbonyl (C=O) groups excluding carboxylic acids is 1. The van der Waals surface area contributed by atoms with Gasteiger partial charge in [0.15, 0.2) is 0 Å². The Labute approximate surface area is 156 Å². The Morgan fingerprint density at radius 1 is 1.19 bits per heavy atom. The SMILES string of the molecule is CC(C)C(NC(=O)c1ccc(-n2ccnc2)nc1)c1nc2ccccc2[nH]1. The number of nitrogens with zero attached hydrogens (tertiary/aromatic N) is 4. The molecule has 27 heavy (non-hydrogen) atoms. The van der Waals surface area contributed by atoms with E-state index in [2.05, 4.69) is 39.1 Å². The quantitative estimate of drug-likeness (QED) is 0.572. The monoisotopic (exact) mass is 360 g/mol. The third-order valence-corrected chi connectivity index (χ3v) is 4.43. The molecule has 1 atom stereocenters. The van der Waals surface area contributed by atoms with Crippen molar-refractivity contribution in [3.63, 3.8) is 0 Å². The normalized spacial score (nSPS) is 12.4. The van der Waals surface area contributed by atoms with Gasteiger partial charge >= 0.3 is 0 Å². The van der Waals surface area contributed by atoms with Crippen molar-refractivity contribution in [3.8, 4) is 5.82 Å². The van der Waals surface area contributed by atoms with Crippen LogP contribution in [-0.2, 0) is 0 Å². The van der Waals surface area contributed by atoms with Crippen LogP contribution in [0.5, 0.6) is 0 Å². The highest BCUT2D eigenvalue weighted by atomic mass is 16.1. The number of nitrogens with one attached hydrogen (secondary N) is 2. The first kappa shape index (κ1) is 17.0. The van der Waals surface area contributed by atoms with E-state index >= 15 is 0 Å². The van der Waals surface area contributed by atoms with E-state index in [9.17, 15) is 4.79 Å². The van der Waals surface area contributed by atoms with E-state index in [0.29, 0.717) is 11.4 Å². The van der Waals surface area contributed by atoms with Crippen LogP contribution < -0.4 is 5.32 Å². The molecule has 3 aromatic heterocycles. The van der Waals surface area contributed by atoms with Gasteiger partial charge in [0.1, 0.15) is 18.0 Å². The average Bonchev–Trinajstić information content (AvgIpc) is 3.35. The van der Waals surface area contributed by atoms with Crippen LogP contribution in [0.15, 0.2) is 61.3 Å². The first-order valence-electron chi connectivity index (χ1n) is 8.81. The van der Waals surface area contributed by atoms with Gasteiger partial charge in [-0.05, 0) is 30.2 Å². The summed E-state index contributed by atoms with van der Waals surface area (Å²) in [6.45, 7) is 4.11. The number of benzene rings is 1. The van der Waals surface area contributed by atoms with Crippen molar-refractivity contribution in [2.75, 3.05) is 0 Å². The highest BCUT2D eigenvalue weighted by Crippen LogP contribution is 2.22. The van der Waals surface area contributed by atoms with Crippen LogP contribution in [0, 0.1) is 5.92 Å². The highest BCUT2D eigenvalue weighted by molar-refractivity contribution is 5.94. The van der Waals surface area contributed by atoms with Gasteiger partial charge in [0.05, 0.1) is 22.6 Å². The third kappa shape index (κ3) is 3.44. The Balaban J connectivity index is 1.55. The summed E-state index contributed by atoms with van der Waals surface area (Å²) in [6, 6.07) is 11.2. The van der Waals surface area contributed by atoms with Gasteiger partial charge < -0.3 is 10.3 Å². The molecule has 0 saturated carbocycles. The second-order valence-electron chi connectivity index (χ2n) is 6.71. The van der Waals surface area contributed by atoms with Crippen molar-refractivity contribution in [3.05, 3.63) is 72.7 Å². The Kier molecular flexibility index (Phi) is 4.42. The fraction of sp³-hybridized carbons (Fsp3) is 0.200. The lowest BCUT2D eigenvalue weighted by Gasteiger charge is -2.20. The molecule has 1 unspecified atom stereocenters. The van der Waals surface area contributed by atoms with Crippen molar-refractivity contribution in [1.29, 1.82) is 0 Å². The predicted molar refractivity (Wildman–Crippen MR) is 102 cm³/mol. The van der Waals surface area contributed by atoms with Gasteiger partial charge in [0, 0.05) is 18.6 Å². The average molecular weight is 360 g/mol. The molecule has 4 rings (SSSR count). The minimum Gasteiger partial charge on any atom is -0.342 e. The van der Waals surface area contributed by atoms with E-state index in [-0.39, 0.29) is 17.9 Å². The van der Waals surface area contributed by atoms with Crippen molar-refractivity contribution in [1.82, 2.24) is 29.8 Å². The van der Waals surface area contributed by atoms with E-state index < -0.39 is 0 Å². The molecule has 0 aliphatic carbocycles. The molecular formula is C20H20N6O. The van der Waals surface area contributed by atoms with Crippen LogP contribution in [0.4, 0.5) is 0 Å². The molecule has 136 valence electrons. The minimum atomic E-state index is -0.224. The molecule has 0 fully saturated rings. The largest absolute Gasteiger partial charge is 0.342 e. The Bertz CT molecular complexity index is 1020. The summed E-state index contributed by atoms with van der Waals surface area (Å²) in [6.07, 6.45) is 6.72. The number of pyridine rings is 1. The maximum Gasteiger partial charge on any atom is 0.253 e. The van der Waals surface area contributed by atoms with Gasteiger partial charge in [-0.1, -0.05) is 26.0 Å². The van der Waals surface area contributed by atoms with Crippen molar-refractivity contribution >= 4 is 16.9 Å². The summed E-state index contributed by atoms with van der Waals surface area (Å²) in [5.74, 6) is 1.45. The smallest absolute Gasteiger partial charge is 0.253 e. The molecule has 0 aliphatic heterocycles. The van der Waals surface area contributed by atoms with Gasteiger partial charge in [-0.3, -0.25) is 9.36 Å². The van der Waals surface area contributed by atoms with E-state index in [0.717, 1.165) is 16.9 Å². The van der Waals surface area contributed by atoms with Crippen LogP contribution >= 0.6 is 0 Å². The Morgan fingerprint density at radius 3 is 2.70 bits per heavy atom. The zero-order chi connectivity index (χ0) is 18.8. The lowest BCUT2D eigenvalue weighted by Crippen LogP contribution is -2.32. The summed E-state index contributed by atoms with van der Waals surface area (Å²) in [5, 5.41) is 3.07. The zero-order valence-electron chi connectivity index (χ0n) is 15.1. The number of aromatic amines is 1. The number of aromatic nitrogens is 5. The summed E-state index contributed by atoms with van der Waals surface area (Å²) in [4.78, 5) is 29.0. The molecule has 0 radical (unpaired) electrons. The van der Waals surface area contributed by atoms with Crippen LogP contribution in [0.2, 0.25) is 0 Å². The van der Waals surface area contributed by atoms with E-state index in [1.807, 2.05) is 24.3 Å². The number of carbonyl (C=O) groups is 1. The first-order valence-corrected chi connectivity index (χ1v) is 8.81. The predicted octanol–water partition coefficient (Wildman–Crippen LogP) is 3.27. The summed E-state index contributed by atoms with van der Waals surface area (Å²) >= 11 is 0. The van der Waals surface area contributed by atoms with Crippen LogP contribution in [-0.4, -0.2) is 30.4 Å². The number of amides is 1. The third-order valence-electron chi connectivity index (χ3n) is 4.43. The lowest BCUT2D eigenvalue weighted by atomic mass is 10.0. The summed E-state index contributed by atoms with van der Waals surface area (Å²) in [7, 11) is 0. The molecule has 0 bridgehead atoms.